The Bertz CT molecular complexity index is 451. The number of β-amino-alcohol motifs (C(OH)–C–C–N with tert-alkyl or cyclic N) is 1. The Balaban J connectivity index is 1.24. The first-order valence-electron chi connectivity index (χ1n) is 11.6. The minimum atomic E-state index is -1.17. The summed E-state index contributed by atoms with van der Waals surface area (Å²) >= 11 is 0. The summed E-state index contributed by atoms with van der Waals surface area (Å²) in [6, 6.07) is -0.489. The summed E-state index contributed by atoms with van der Waals surface area (Å²) in [4.78, 5) is 1.90. The van der Waals surface area contributed by atoms with Gasteiger partial charge in [0, 0.05) is 13.2 Å². The van der Waals surface area contributed by atoms with Crippen molar-refractivity contribution in [1.82, 2.24) is 4.90 Å². The highest BCUT2D eigenvalue weighted by Crippen LogP contribution is 2.41. The molecule has 0 radical (unpaired) electrons. The molecule has 0 aromatic heterocycles. The van der Waals surface area contributed by atoms with Crippen molar-refractivity contribution in [1.29, 1.82) is 0 Å². The first-order chi connectivity index (χ1) is 13.6. The highest BCUT2D eigenvalue weighted by atomic mass is 16.5. The van der Waals surface area contributed by atoms with Crippen LogP contribution in [0.2, 0.25) is 0 Å². The molecule has 164 valence electrons. The van der Waals surface area contributed by atoms with Gasteiger partial charge in [0.25, 0.3) is 0 Å². The number of ether oxygens (including phenoxy) is 1. The van der Waals surface area contributed by atoms with Crippen LogP contribution < -0.4 is 0 Å². The summed E-state index contributed by atoms with van der Waals surface area (Å²) < 4.78 is 6.17. The number of unbranched alkanes of at least 4 members (excludes halogenated alkanes) is 3. The van der Waals surface area contributed by atoms with Gasteiger partial charge in [0.15, 0.2) is 0 Å². The van der Waals surface area contributed by atoms with Crippen LogP contribution in [-0.4, -0.2) is 82.1 Å². The van der Waals surface area contributed by atoms with Gasteiger partial charge in [0.1, 0.15) is 12.2 Å². The summed E-state index contributed by atoms with van der Waals surface area (Å²) in [5, 5.41) is 39.1. The van der Waals surface area contributed by atoms with Crippen LogP contribution in [0.3, 0.4) is 0 Å². The molecule has 28 heavy (non-hydrogen) atoms. The van der Waals surface area contributed by atoms with Gasteiger partial charge in [-0.15, -0.1) is 0 Å². The number of hydrogen-bond donors (Lipinski definition) is 4. The van der Waals surface area contributed by atoms with Crippen molar-refractivity contribution in [3.63, 3.8) is 0 Å². The molecule has 6 nitrogen and oxygen atoms in total. The fourth-order valence-corrected chi connectivity index (χ4v) is 5.64. The van der Waals surface area contributed by atoms with Crippen LogP contribution >= 0.6 is 0 Å². The van der Waals surface area contributed by atoms with Gasteiger partial charge < -0.3 is 25.2 Å². The second-order valence-electron chi connectivity index (χ2n) is 9.32. The van der Waals surface area contributed by atoms with E-state index in [1.54, 1.807) is 0 Å². The van der Waals surface area contributed by atoms with Crippen LogP contribution in [0.4, 0.5) is 0 Å². The average molecular weight is 400 g/mol. The maximum Gasteiger partial charge on any atom is 0.109 e. The molecule has 0 spiro atoms. The standard InChI is InChI=1S/C22H41NO5/c24-15-19-21(26)22(27)20(25)14-23(19)11-5-1-2-6-12-28-18-10-9-16-7-3-4-8-17(16)13-18/h16-22,24-27H,1-15H2/t16?,17?,18?,19-,20+,21-,22-/m1/s1. The number of hydrogen-bond acceptors (Lipinski definition) is 6. The molecular weight excluding hydrogens is 358 g/mol. The smallest absolute Gasteiger partial charge is 0.109 e. The second-order valence-corrected chi connectivity index (χ2v) is 9.32. The van der Waals surface area contributed by atoms with Gasteiger partial charge in [0.2, 0.25) is 0 Å². The summed E-state index contributed by atoms with van der Waals surface area (Å²) in [6.45, 7) is 1.67. The molecule has 1 heterocycles. The molecule has 3 rings (SSSR count). The van der Waals surface area contributed by atoms with Crippen molar-refractivity contribution >= 4 is 0 Å². The Kier molecular flexibility index (Phi) is 9.00. The van der Waals surface area contributed by atoms with E-state index in [0.717, 1.165) is 50.7 Å². The Morgan fingerprint density at radius 1 is 0.821 bits per heavy atom. The van der Waals surface area contributed by atoms with Crippen molar-refractivity contribution in [2.24, 2.45) is 11.8 Å². The molecule has 2 aliphatic carbocycles. The Morgan fingerprint density at radius 3 is 2.36 bits per heavy atom. The zero-order chi connectivity index (χ0) is 19.9. The molecule has 1 aliphatic heterocycles. The lowest BCUT2D eigenvalue weighted by molar-refractivity contribution is -0.145. The van der Waals surface area contributed by atoms with E-state index in [0.29, 0.717) is 12.6 Å². The number of rotatable bonds is 9. The molecule has 0 amide bonds. The highest BCUT2D eigenvalue weighted by molar-refractivity contribution is 4.94. The molecule has 7 atom stereocenters. The van der Waals surface area contributed by atoms with Crippen molar-refractivity contribution < 1.29 is 25.2 Å². The van der Waals surface area contributed by atoms with Crippen LogP contribution in [0.15, 0.2) is 0 Å². The van der Waals surface area contributed by atoms with Gasteiger partial charge in [-0.2, -0.15) is 0 Å². The summed E-state index contributed by atoms with van der Waals surface area (Å²) in [7, 11) is 0. The number of aliphatic hydroxyl groups excluding tert-OH is 4. The lowest BCUT2D eigenvalue weighted by Gasteiger charge is -2.43. The minimum Gasteiger partial charge on any atom is -0.395 e. The maximum absolute atomic E-state index is 10.0. The average Bonchev–Trinajstić information content (AvgIpc) is 2.71. The normalized spacial score (nSPS) is 39.6. The van der Waals surface area contributed by atoms with E-state index in [1.165, 1.54) is 44.9 Å². The van der Waals surface area contributed by atoms with Crippen LogP contribution in [-0.2, 0) is 4.74 Å². The first-order valence-corrected chi connectivity index (χ1v) is 11.6. The van der Waals surface area contributed by atoms with E-state index in [9.17, 15) is 20.4 Å². The van der Waals surface area contributed by atoms with E-state index >= 15 is 0 Å². The minimum absolute atomic E-state index is 0.206. The SMILES string of the molecule is OC[C@@H]1[C@@H](O)[C@H](O)[C@@H](O)CN1CCCCCCOC1CCC2CCCCC2C1. The molecule has 6 heteroatoms. The Morgan fingerprint density at radius 2 is 1.57 bits per heavy atom. The number of likely N-dealkylation sites (tertiary alicyclic amines) is 1. The molecule has 3 fully saturated rings. The molecule has 3 unspecified atom stereocenters. The largest absolute Gasteiger partial charge is 0.395 e. The van der Waals surface area contributed by atoms with Gasteiger partial charge >= 0.3 is 0 Å². The van der Waals surface area contributed by atoms with E-state index in [2.05, 4.69) is 0 Å². The number of fused-ring (bicyclic) bond motifs is 1. The topological polar surface area (TPSA) is 93.4 Å². The third kappa shape index (κ3) is 5.89. The summed E-state index contributed by atoms with van der Waals surface area (Å²) in [5.41, 5.74) is 0. The van der Waals surface area contributed by atoms with Crippen LogP contribution in [0.25, 0.3) is 0 Å². The fraction of sp³-hybridized carbons (Fsp3) is 1.00. The van der Waals surface area contributed by atoms with Gasteiger partial charge in [0.05, 0.1) is 24.9 Å². The van der Waals surface area contributed by atoms with Crippen molar-refractivity contribution in [3.8, 4) is 0 Å². The van der Waals surface area contributed by atoms with E-state index in [-0.39, 0.29) is 6.61 Å². The Labute approximate surface area is 169 Å². The number of piperidine rings is 1. The summed E-state index contributed by atoms with van der Waals surface area (Å²) in [6.07, 6.45) is 11.1. The molecule has 3 aliphatic rings. The lowest BCUT2D eigenvalue weighted by atomic mass is 9.70. The number of aliphatic hydroxyl groups is 4. The van der Waals surface area contributed by atoms with Crippen LogP contribution in [0.1, 0.15) is 70.6 Å². The predicted molar refractivity (Wildman–Crippen MR) is 108 cm³/mol. The maximum atomic E-state index is 10.0. The summed E-state index contributed by atoms with van der Waals surface area (Å²) in [5.74, 6) is 1.89. The third-order valence-corrected chi connectivity index (χ3v) is 7.40. The van der Waals surface area contributed by atoms with Crippen LogP contribution in [0, 0.1) is 11.8 Å². The lowest BCUT2D eigenvalue weighted by Crippen LogP contribution is -2.62. The molecule has 1 saturated heterocycles. The molecule has 2 saturated carbocycles. The fourth-order valence-electron chi connectivity index (χ4n) is 5.64. The van der Waals surface area contributed by atoms with Crippen molar-refractivity contribution in [2.75, 3.05) is 26.3 Å². The predicted octanol–water partition coefficient (Wildman–Crippen LogP) is 1.68. The van der Waals surface area contributed by atoms with Crippen molar-refractivity contribution in [2.45, 2.75) is 101 Å². The molecule has 0 aromatic carbocycles. The number of nitrogens with zero attached hydrogens (tertiary/aromatic N) is 1. The Hall–Kier alpha value is -0.240. The highest BCUT2D eigenvalue weighted by Gasteiger charge is 2.40. The first kappa shape index (κ1) is 22.4. The zero-order valence-electron chi connectivity index (χ0n) is 17.3. The van der Waals surface area contributed by atoms with E-state index < -0.39 is 24.4 Å². The molecular formula is C22H41NO5. The van der Waals surface area contributed by atoms with Gasteiger partial charge in [-0.25, -0.2) is 0 Å². The zero-order valence-corrected chi connectivity index (χ0v) is 17.3. The monoisotopic (exact) mass is 399 g/mol. The van der Waals surface area contributed by atoms with E-state index in [1.807, 2.05) is 4.90 Å². The third-order valence-electron chi connectivity index (χ3n) is 7.40. The van der Waals surface area contributed by atoms with Gasteiger partial charge in [-0.05, 0) is 50.5 Å². The quantitative estimate of drug-likeness (QED) is 0.441. The molecule has 4 N–H and O–H groups in total. The molecule has 0 aromatic rings. The van der Waals surface area contributed by atoms with Crippen LogP contribution in [0.5, 0.6) is 0 Å². The molecule has 0 bridgehead atoms. The van der Waals surface area contributed by atoms with Crippen molar-refractivity contribution in [3.05, 3.63) is 0 Å². The van der Waals surface area contributed by atoms with Gasteiger partial charge in [-0.3, -0.25) is 4.90 Å². The second kappa shape index (κ2) is 11.2. The van der Waals surface area contributed by atoms with Gasteiger partial charge in [-0.1, -0.05) is 38.5 Å². The van der Waals surface area contributed by atoms with E-state index in [4.69, 9.17) is 4.74 Å².